The maximum Gasteiger partial charge on any atom is 0.242 e. The smallest absolute Gasteiger partial charge is 0.242 e. The van der Waals surface area contributed by atoms with Crippen LogP contribution >= 0.6 is 11.6 Å². The van der Waals surface area contributed by atoms with E-state index in [0.29, 0.717) is 30.1 Å². The summed E-state index contributed by atoms with van der Waals surface area (Å²) in [6.07, 6.45) is 3.85. The van der Waals surface area contributed by atoms with Gasteiger partial charge in [-0.15, -0.1) is 0 Å². The molecule has 1 atom stereocenters. The number of carbonyl (C=O) groups excluding carboxylic acids is 2. The van der Waals surface area contributed by atoms with Gasteiger partial charge in [0.2, 0.25) is 21.8 Å². The number of halogens is 1. The zero-order chi connectivity index (χ0) is 27.6. The van der Waals surface area contributed by atoms with Crippen molar-refractivity contribution in [2.24, 2.45) is 0 Å². The van der Waals surface area contributed by atoms with Gasteiger partial charge < -0.3 is 10.2 Å². The van der Waals surface area contributed by atoms with E-state index in [-0.39, 0.29) is 31.3 Å². The zero-order valence-corrected chi connectivity index (χ0v) is 24.2. The Morgan fingerprint density at radius 2 is 1.68 bits per heavy atom. The molecule has 0 aliphatic heterocycles. The SMILES string of the molecule is CCCCNC(=O)[C@H](CC)N(Cc1ccccc1Cl)C(=O)CCCN(c1cc(C)cc(C)c1)S(C)(=O)=O. The molecule has 2 rings (SSSR count). The third kappa shape index (κ3) is 9.34. The molecule has 0 heterocycles. The van der Waals surface area contributed by atoms with E-state index in [1.165, 1.54) is 10.6 Å². The van der Waals surface area contributed by atoms with Crippen molar-refractivity contribution >= 4 is 39.1 Å². The van der Waals surface area contributed by atoms with Gasteiger partial charge in [0.25, 0.3) is 0 Å². The molecule has 204 valence electrons. The van der Waals surface area contributed by atoms with Crippen molar-refractivity contribution in [2.75, 3.05) is 23.7 Å². The number of hydrogen-bond donors (Lipinski definition) is 1. The Bertz CT molecular complexity index is 1150. The fraction of sp³-hybridized carbons (Fsp3) is 0.500. The highest BCUT2D eigenvalue weighted by atomic mass is 35.5. The van der Waals surface area contributed by atoms with Crippen LogP contribution in [0.1, 0.15) is 62.6 Å². The molecular weight excluding hydrogens is 510 g/mol. The quantitative estimate of drug-likeness (QED) is 0.327. The van der Waals surface area contributed by atoms with Crippen molar-refractivity contribution in [1.29, 1.82) is 0 Å². The lowest BCUT2D eigenvalue weighted by atomic mass is 10.1. The van der Waals surface area contributed by atoms with Crippen molar-refractivity contribution in [3.05, 3.63) is 64.2 Å². The second-order valence-electron chi connectivity index (χ2n) is 9.47. The first kappa shape index (κ1) is 30.6. The number of carbonyl (C=O) groups is 2. The van der Waals surface area contributed by atoms with Crippen LogP contribution in [-0.4, -0.2) is 50.5 Å². The van der Waals surface area contributed by atoms with E-state index in [4.69, 9.17) is 11.6 Å². The summed E-state index contributed by atoms with van der Waals surface area (Å²) in [6.45, 7) is 8.68. The first-order valence-corrected chi connectivity index (χ1v) is 15.1. The number of nitrogens with zero attached hydrogens (tertiary/aromatic N) is 2. The Morgan fingerprint density at radius 1 is 1.03 bits per heavy atom. The van der Waals surface area contributed by atoms with Crippen LogP contribution in [0.4, 0.5) is 5.69 Å². The van der Waals surface area contributed by atoms with Gasteiger partial charge in [0.1, 0.15) is 6.04 Å². The molecule has 0 bridgehead atoms. The summed E-state index contributed by atoms with van der Waals surface area (Å²) >= 11 is 6.38. The number of aryl methyl sites for hydroxylation is 2. The molecule has 0 spiro atoms. The number of amides is 2. The number of nitrogens with one attached hydrogen (secondary N) is 1. The predicted octanol–water partition coefficient (Wildman–Crippen LogP) is 5.23. The van der Waals surface area contributed by atoms with E-state index >= 15 is 0 Å². The molecule has 0 unspecified atom stereocenters. The van der Waals surface area contributed by atoms with Gasteiger partial charge in [-0.1, -0.05) is 56.1 Å². The van der Waals surface area contributed by atoms with Gasteiger partial charge in [-0.3, -0.25) is 13.9 Å². The summed E-state index contributed by atoms with van der Waals surface area (Å²) in [5, 5.41) is 3.47. The van der Waals surface area contributed by atoms with Crippen LogP contribution in [0.2, 0.25) is 5.02 Å². The van der Waals surface area contributed by atoms with E-state index in [0.717, 1.165) is 29.5 Å². The molecule has 2 aromatic carbocycles. The van der Waals surface area contributed by atoms with Crippen molar-refractivity contribution in [2.45, 2.75) is 72.4 Å². The number of unbranched alkanes of at least 4 members (excludes halogenated alkanes) is 1. The summed E-state index contributed by atoms with van der Waals surface area (Å²) in [6, 6.07) is 12.3. The third-order valence-electron chi connectivity index (χ3n) is 6.16. The fourth-order valence-electron chi connectivity index (χ4n) is 4.33. The Labute approximate surface area is 227 Å². The van der Waals surface area contributed by atoms with Gasteiger partial charge in [0.05, 0.1) is 11.9 Å². The number of rotatable bonds is 14. The fourth-order valence-corrected chi connectivity index (χ4v) is 5.48. The molecule has 9 heteroatoms. The largest absolute Gasteiger partial charge is 0.354 e. The predicted molar refractivity (Wildman–Crippen MR) is 151 cm³/mol. The minimum Gasteiger partial charge on any atom is -0.354 e. The van der Waals surface area contributed by atoms with Crippen LogP contribution in [0.25, 0.3) is 0 Å². The summed E-state index contributed by atoms with van der Waals surface area (Å²) in [7, 11) is -3.54. The molecule has 0 aliphatic rings. The topological polar surface area (TPSA) is 86.8 Å². The lowest BCUT2D eigenvalue weighted by molar-refractivity contribution is -0.141. The van der Waals surface area contributed by atoms with E-state index in [1.807, 2.05) is 57.2 Å². The normalized spacial score (nSPS) is 12.2. The first-order chi connectivity index (χ1) is 17.5. The van der Waals surface area contributed by atoms with E-state index in [1.54, 1.807) is 11.0 Å². The average Bonchev–Trinajstić information content (AvgIpc) is 2.81. The second kappa shape index (κ2) is 14.4. The summed E-state index contributed by atoms with van der Waals surface area (Å²) < 4.78 is 26.5. The lowest BCUT2D eigenvalue weighted by Crippen LogP contribution is -2.49. The highest BCUT2D eigenvalue weighted by Crippen LogP contribution is 2.23. The number of anilines is 1. The number of sulfonamides is 1. The maximum atomic E-state index is 13.5. The van der Waals surface area contributed by atoms with E-state index in [9.17, 15) is 18.0 Å². The van der Waals surface area contributed by atoms with E-state index in [2.05, 4.69) is 12.2 Å². The number of hydrogen-bond acceptors (Lipinski definition) is 4. The highest BCUT2D eigenvalue weighted by Gasteiger charge is 2.29. The molecule has 0 aromatic heterocycles. The molecule has 7 nitrogen and oxygen atoms in total. The minimum absolute atomic E-state index is 0.0972. The van der Waals surface area contributed by atoms with Crippen molar-refractivity contribution in [1.82, 2.24) is 10.2 Å². The minimum atomic E-state index is -3.54. The zero-order valence-electron chi connectivity index (χ0n) is 22.6. The van der Waals surface area contributed by atoms with Crippen molar-refractivity contribution < 1.29 is 18.0 Å². The molecule has 0 aliphatic carbocycles. The molecule has 0 saturated carbocycles. The van der Waals surface area contributed by atoms with Gasteiger partial charge >= 0.3 is 0 Å². The van der Waals surface area contributed by atoms with Crippen LogP contribution < -0.4 is 9.62 Å². The van der Waals surface area contributed by atoms with Gasteiger partial charge in [-0.05, 0) is 68.0 Å². The molecule has 0 radical (unpaired) electrons. The number of benzene rings is 2. The van der Waals surface area contributed by atoms with Crippen LogP contribution in [0.15, 0.2) is 42.5 Å². The van der Waals surface area contributed by atoms with E-state index < -0.39 is 16.1 Å². The van der Waals surface area contributed by atoms with Gasteiger partial charge in [0.15, 0.2) is 0 Å². The molecule has 0 fully saturated rings. The Hall–Kier alpha value is -2.58. The maximum absolute atomic E-state index is 13.5. The standard InChI is InChI=1S/C28H40ClN3O4S/c1-6-8-15-30-28(34)26(7-2)31(20-23-12-9-10-13-25(23)29)27(33)14-11-16-32(37(5,35)36)24-18-21(3)17-22(4)19-24/h9-10,12-13,17-19,26H,6-8,11,14-16,20H2,1-5H3,(H,30,34)/t26-/m0/s1. The van der Waals surface area contributed by atoms with Crippen LogP contribution in [0.3, 0.4) is 0 Å². The van der Waals surface area contributed by atoms with Gasteiger partial charge in [0, 0.05) is 31.1 Å². The highest BCUT2D eigenvalue weighted by molar-refractivity contribution is 7.92. The molecule has 2 aromatic rings. The Morgan fingerprint density at radius 3 is 2.24 bits per heavy atom. The van der Waals surface area contributed by atoms with Gasteiger partial charge in [-0.25, -0.2) is 8.42 Å². The van der Waals surface area contributed by atoms with Gasteiger partial charge in [-0.2, -0.15) is 0 Å². The monoisotopic (exact) mass is 549 g/mol. The summed E-state index contributed by atoms with van der Waals surface area (Å²) in [4.78, 5) is 28.1. The summed E-state index contributed by atoms with van der Waals surface area (Å²) in [5.74, 6) is -0.407. The summed E-state index contributed by atoms with van der Waals surface area (Å²) in [5.41, 5.74) is 3.27. The lowest BCUT2D eigenvalue weighted by Gasteiger charge is -2.31. The average molecular weight is 550 g/mol. The molecule has 37 heavy (non-hydrogen) atoms. The van der Waals surface area contributed by atoms with Crippen LogP contribution in [0, 0.1) is 13.8 Å². The van der Waals surface area contributed by atoms with Crippen molar-refractivity contribution in [3.63, 3.8) is 0 Å². The Kier molecular flexibility index (Phi) is 11.9. The van der Waals surface area contributed by atoms with Crippen LogP contribution in [0.5, 0.6) is 0 Å². The molecule has 0 saturated heterocycles. The van der Waals surface area contributed by atoms with Crippen LogP contribution in [-0.2, 0) is 26.2 Å². The Balaban J connectivity index is 2.23. The third-order valence-corrected chi connectivity index (χ3v) is 7.72. The van der Waals surface area contributed by atoms with Crippen molar-refractivity contribution in [3.8, 4) is 0 Å². The second-order valence-corrected chi connectivity index (χ2v) is 11.8. The molecule has 1 N–H and O–H groups in total. The molecular formula is C28H40ClN3O4S. The molecule has 2 amide bonds. The first-order valence-electron chi connectivity index (χ1n) is 12.8.